The van der Waals surface area contributed by atoms with Crippen LogP contribution in [0.3, 0.4) is 0 Å². The molecule has 0 aliphatic carbocycles. The lowest BCUT2D eigenvalue weighted by Crippen LogP contribution is -2.25. The molecule has 0 spiro atoms. The number of nitrogens with one attached hydrogen (secondary N) is 1. The second-order valence-electron chi connectivity index (χ2n) is 6.60. The topological polar surface area (TPSA) is 61.2 Å². The molecule has 2 atom stereocenters. The van der Waals surface area contributed by atoms with E-state index < -0.39 is 6.61 Å². The van der Waals surface area contributed by atoms with Crippen molar-refractivity contribution in [1.29, 1.82) is 0 Å². The number of anilines is 1. The maximum absolute atomic E-state index is 12.6. The maximum Gasteiger partial charge on any atom is 0.387 e. The van der Waals surface area contributed by atoms with Crippen LogP contribution in [0.1, 0.15) is 24.0 Å². The van der Waals surface area contributed by atoms with Gasteiger partial charge in [0.05, 0.1) is 11.6 Å². The monoisotopic (exact) mass is 374 g/mol. The van der Waals surface area contributed by atoms with Crippen LogP contribution in [0.5, 0.6) is 5.75 Å². The van der Waals surface area contributed by atoms with E-state index in [4.69, 9.17) is 4.74 Å². The van der Waals surface area contributed by atoms with E-state index in [1.165, 1.54) is 6.07 Å². The molecule has 2 aromatic heterocycles. The summed E-state index contributed by atoms with van der Waals surface area (Å²) in [5.74, 6) is 0.955. The van der Waals surface area contributed by atoms with Crippen molar-refractivity contribution in [2.24, 2.45) is 7.05 Å². The summed E-state index contributed by atoms with van der Waals surface area (Å²) in [6, 6.07) is 6.69. The van der Waals surface area contributed by atoms with Crippen LogP contribution < -0.4 is 10.1 Å². The molecule has 4 rings (SSSR count). The van der Waals surface area contributed by atoms with Gasteiger partial charge in [0.15, 0.2) is 0 Å². The summed E-state index contributed by atoms with van der Waals surface area (Å²) in [5.41, 5.74) is 2.36. The molecule has 1 N–H and O–H groups in total. The van der Waals surface area contributed by atoms with Gasteiger partial charge in [-0.05, 0) is 37.6 Å². The van der Waals surface area contributed by atoms with Gasteiger partial charge in [-0.3, -0.25) is 4.98 Å². The predicted octanol–water partition coefficient (Wildman–Crippen LogP) is 3.82. The summed E-state index contributed by atoms with van der Waals surface area (Å²) in [5, 5.41) is 4.24. The number of fused-ring (bicyclic) bond motifs is 1. The molecule has 0 saturated carbocycles. The van der Waals surface area contributed by atoms with Gasteiger partial charge in [-0.15, -0.1) is 0 Å². The van der Waals surface area contributed by atoms with Crippen molar-refractivity contribution >= 4 is 16.6 Å². The molecular formula is C19H20F2N4O2. The molecule has 3 aromatic rings. The Balaban J connectivity index is 1.69. The third-order valence-corrected chi connectivity index (χ3v) is 4.68. The van der Waals surface area contributed by atoms with Gasteiger partial charge in [-0.2, -0.15) is 8.78 Å². The Kier molecular flexibility index (Phi) is 4.65. The smallest absolute Gasteiger partial charge is 0.387 e. The van der Waals surface area contributed by atoms with Gasteiger partial charge in [0.1, 0.15) is 17.7 Å². The Bertz CT molecular complexity index is 960. The molecule has 3 heterocycles. The Morgan fingerprint density at radius 2 is 2.19 bits per heavy atom. The van der Waals surface area contributed by atoms with E-state index in [0.29, 0.717) is 12.1 Å². The molecule has 1 fully saturated rings. The van der Waals surface area contributed by atoms with Gasteiger partial charge >= 0.3 is 6.61 Å². The van der Waals surface area contributed by atoms with E-state index in [0.717, 1.165) is 29.0 Å². The third kappa shape index (κ3) is 3.57. The number of hydrogen-bond donors (Lipinski definition) is 1. The highest BCUT2D eigenvalue weighted by Gasteiger charge is 2.32. The van der Waals surface area contributed by atoms with Crippen LogP contribution in [-0.4, -0.2) is 33.8 Å². The number of aryl methyl sites for hydroxylation is 2. The summed E-state index contributed by atoms with van der Waals surface area (Å²) in [6.45, 7) is -0.347. The highest BCUT2D eigenvalue weighted by molar-refractivity contribution is 5.92. The van der Waals surface area contributed by atoms with Crippen molar-refractivity contribution < 1.29 is 18.3 Å². The van der Waals surface area contributed by atoms with Gasteiger partial charge in [0, 0.05) is 42.8 Å². The Labute approximate surface area is 155 Å². The molecule has 6 nitrogen and oxygen atoms in total. The van der Waals surface area contributed by atoms with E-state index in [9.17, 15) is 8.78 Å². The van der Waals surface area contributed by atoms with Crippen molar-refractivity contribution in [1.82, 2.24) is 14.5 Å². The number of benzene rings is 1. The summed E-state index contributed by atoms with van der Waals surface area (Å²) in [4.78, 5) is 8.88. The lowest BCUT2D eigenvalue weighted by atomic mass is 10.1. The van der Waals surface area contributed by atoms with Gasteiger partial charge in [-0.25, -0.2) is 4.98 Å². The molecule has 8 heteroatoms. The number of alkyl halides is 2. The van der Waals surface area contributed by atoms with Crippen molar-refractivity contribution in [3.05, 3.63) is 48.2 Å². The summed E-state index contributed by atoms with van der Waals surface area (Å²) in [7, 11) is 1.93. The van der Waals surface area contributed by atoms with Crippen molar-refractivity contribution in [2.45, 2.75) is 32.1 Å². The van der Waals surface area contributed by atoms with Gasteiger partial charge in [0.25, 0.3) is 0 Å². The summed E-state index contributed by atoms with van der Waals surface area (Å²) >= 11 is 0. The fraction of sp³-hybridized carbons (Fsp3) is 0.368. The van der Waals surface area contributed by atoms with Crippen LogP contribution in [0.2, 0.25) is 0 Å². The first kappa shape index (κ1) is 17.7. The average Bonchev–Trinajstić information content (AvgIpc) is 3.23. The first-order chi connectivity index (χ1) is 13.0. The zero-order chi connectivity index (χ0) is 19.0. The number of pyridine rings is 1. The standard InChI is InChI=1S/C19H20F2N4O2/c1-11-9-16(13-10-12(27-19(20)21)3-4-14(13)23-11)24-15-5-8-26-17(15)18-22-6-7-25(18)2/h3-4,6-7,9-10,15,17,19H,5,8H2,1-2H3,(H,23,24)/t15-,17-/m0/s1. The first-order valence-corrected chi connectivity index (χ1v) is 8.73. The highest BCUT2D eigenvalue weighted by Crippen LogP contribution is 2.34. The molecule has 1 saturated heterocycles. The van der Waals surface area contributed by atoms with Crippen LogP contribution >= 0.6 is 0 Å². The fourth-order valence-electron chi connectivity index (χ4n) is 3.48. The number of aromatic nitrogens is 3. The zero-order valence-electron chi connectivity index (χ0n) is 15.0. The normalized spacial score (nSPS) is 19.7. The second kappa shape index (κ2) is 7.11. The van der Waals surface area contributed by atoms with E-state index >= 15 is 0 Å². The molecule has 1 aliphatic heterocycles. The van der Waals surface area contributed by atoms with Crippen molar-refractivity contribution in [3.8, 4) is 5.75 Å². The van der Waals surface area contributed by atoms with Crippen LogP contribution in [0.4, 0.5) is 14.5 Å². The number of halogens is 2. The minimum absolute atomic E-state index is 0.00998. The van der Waals surface area contributed by atoms with Crippen molar-refractivity contribution in [3.63, 3.8) is 0 Å². The predicted molar refractivity (Wildman–Crippen MR) is 97.0 cm³/mol. The number of rotatable bonds is 5. The molecule has 0 unspecified atom stereocenters. The number of nitrogens with zero attached hydrogens (tertiary/aromatic N) is 3. The van der Waals surface area contributed by atoms with E-state index in [1.54, 1.807) is 18.3 Å². The van der Waals surface area contributed by atoms with E-state index in [2.05, 4.69) is 20.0 Å². The average molecular weight is 374 g/mol. The molecule has 0 radical (unpaired) electrons. The lowest BCUT2D eigenvalue weighted by molar-refractivity contribution is -0.0497. The van der Waals surface area contributed by atoms with Crippen LogP contribution in [0.15, 0.2) is 36.7 Å². The Hall–Kier alpha value is -2.74. The quantitative estimate of drug-likeness (QED) is 0.736. The van der Waals surface area contributed by atoms with E-state index in [1.807, 2.05) is 30.8 Å². The molecule has 1 aliphatic rings. The number of ether oxygens (including phenoxy) is 2. The Morgan fingerprint density at radius 1 is 1.33 bits per heavy atom. The maximum atomic E-state index is 12.6. The number of hydrogen-bond acceptors (Lipinski definition) is 5. The van der Waals surface area contributed by atoms with E-state index in [-0.39, 0.29) is 17.9 Å². The molecule has 27 heavy (non-hydrogen) atoms. The minimum Gasteiger partial charge on any atom is -0.435 e. The largest absolute Gasteiger partial charge is 0.435 e. The fourth-order valence-corrected chi connectivity index (χ4v) is 3.48. The van der Waals surface area contributed by atoms with Crippen molar-refractivity contribution in [2.75, 3.05) is 11.9 Å². The first-order valence-electron chi connectivity index (χ1n) is 8.73. The van der Waals surface area contributed by atoms with Crippen LogP contribution in [0.25, 0.3) is 10.9 Å². The van der Waals surface area contributed by atoms with Gasteiger partial charge in [-0.1, -0.05) is 0 Å². The number of imidazole rings is 1. The second-order valence-corrected chi connectivity index (χ2v) is 6.60. The van der Waals surface area contributed by atoms with Gasteiger partial charge < -0.3 is 19.4 Å². The minimum atomic E-state index is -2.87. The van der Waals surface area contributed by atoms with Crippen LogP contribution in [0, 0.1) is 6.92 Å². The highest BCUT2D eigenvalue weighted by atomic mass is 19.3. The summed E-state index contributed by atoms with van der Waals surface area (Å²) < 4.78 is 37.5. The molecule has 1 aromatic carbocycles. The van der Waals surface area contributed by atoms with Gasteiger partial charge in [0.2, 0.25) is 0 Å². The molecule has 0 amide bonds. The SMILES string of the molecule is Cc1cc(N[C@H]2CCO[C@@H]2c2nccn2C)c2cc(OC(F)F)ccc2n1. The molecule has 0 bridgehead atoms. The third-order valence-electron chi connectivity index (χ3n) is 4.68. The Morgan fingerprint density at radius 3 is 2.93 bits per heavy atom. The van der Waals surface area contributed by atoms with Crippen LogP contribution in [-0.2, 0) is 11.8 Å². The molecular weight excluding hydrogens is 354 g/mol. The molecule has 142 valence electrons. The zero-order valence-corrected chi connectivity index (χ0v) is 15.0. The summed E-state index contributed by atoms with van der Waals surface area (Å²) in [6.07, 6.45) is 4.25. The lowest BCUT2D eigenvalue weighted by Gasteiger charge is -2.22.